The highest BCUT2D eigenvalue weighted by atomic mass is 15.2. The first-order chi connectivity index (χ1) is 9.19. The molecule has 2 rings (SSSR count). The van der Waals surface area contributed by atoms with Crippen LogP contribution in [0.5, 0.6) is 0 Å². The van der Waals surface area contributed by atoms with Gasteiger partial charge in [-0.05, 0) is 37.4 Å². The van der Waals surface area contributed by atoms with E-state index in [0.29, 0.717) is 6.04 Å². The third-order valence-electron chi connectivity index (χ3n) is 3.28. The molecule has 1 N–H and O–H groups in total. The van der Waals surface area contributed by atoms with Crippen LogP contribution in [-0.2, 0) is 13.5 Å². The van der Waals surface area contributed by atoms with Crippen LogP contribution in [0.3, 0.4) is 0 Å². The standard InChI is InChI=1S/C16H23N3/c1-4-9-17-13(2)10-14-5-7-15(8-6-14)16-11-18-19(3)12-16/h5-8,11-13,17H,4,9-10H2,1-3H3. The molecule has 0 bridgehead atoms. The third-order valence-corrected chi connectivity index (χ3v) is 3.28. The van der Waals surface area contributed by atoms with Crippen LogP contribution in [0.4, 0.5) is 0 Å². The van der Waals surface area contributed by atoms with Crippen LogP contribution in [0.2, 0.25) is 0 Å². The van der Waals surface area contributed by atoms with E-state index >= 15 is 0 Å². The quantitative estimate of drug-likeness (QED) is 0.862. The zero-order valence-electron chi connectivity index (χ0n) is 12.1. The number of nitrogens with one attached hydrogen (secondary N) is 1. The van der Waals surface area contributed by atoms with E-state index in [-0.39, 0.29) is 0 Å². The van der Waals surface area contributed by atoms with Crippen molar-refractivity contribution in [2.45, 2.75) is 32.7 Å². The predicted molar refractivity (Wildman–Crippen MR) is 80.1 cm³/mol. The summed E-state index contributed by atoms with van der Waals surface area (Å²) >= 11 is 0. The Morgan fingerprint density at radius 1 is 1.21 bits per heavy atom. The molecule has 0 amide bonds. The van der Waals surface area contributed by atoms with Crippen LogP contribution in [0.25, 0.3) is 11.1 Å². The van der Waals surface area contributed by atoms with Gasteiger partial charge < -0.3 is 5.32 Å². The smallest absolute Gasteiger partial charge is 0.0568 e. The number of rotatable bonds is 6. The van der Waals surface area contributed by atoms with Gasteiger partial charge in [0.2, 0.25) is 0 Å². The molecule has 19 heavy (non-hydrogen) atoms. The SMILES string of the molecule is CCCNC(C)Cc1ccc(-c2cnn(C)c2)cc1. The minimum Gasteiger partial charge on any atom is -0.314 e. The number of aryl methyl sites for hydroxylation is 1. The lowest BCUT2D eigenvalue weighted by Crippen LogP contribution is -2.28. The van der Waals surface area contributed by atoms with Crippen molar-refractivity contribution < 1.29 is 0 Å². The zero-order chi connectivity index (χ0) is 13.7. The van der Waals surface area contributed by atoms with Crippen molar-refractivity contribution in [1.82, 2.24) is 15.1 Å². The summed E-state index contributed by atoms with van der Waals surface area (Å²) in [6, 6.07) is 9.32. The molecule has 0 saturated heterocycles. The molecule has 1 aromatic heterocycles. The Hall–Kier alpha value is -1.61. The Kier molecular flexibility index (Phi) is 4.74. The highest BCUT2D eigenvalue weighted by molar-refractivity contribution is 5.61. The highest BCUT2D eigenvalue weighted by Gasteiger charge is 2.04. The van der Waals surface area contributed by atoms with Crippen LogP contribution < -0.4 is 5.32 Å². The molecule has 0 spiro atoms. The van der Waals surface area contributed by atoms with Crippen molar-refractivity contribution >= 4 is 0 Å². The molecule has 102 valence electrons. The molecule has 1 atom stereocenters. The van der Waals surface area contributed by atoms with E-state index in [4.69, 9.17) is 0 Å². The molecule has 1 heterocycles. The van der Waals surface area contributed by atoms with Crippen LogP contribution in [0.1, 0.15) is 25.8 Å². The summed E-state index contributed by atoms with van der Waals surface area (Å²) in [5.74, 6) is 0. The van der Waals surface area contributed by atoms with Crippen LogP contribution in [-0.4, -0.2) is 22.4 Å². The fourth-order valence-corrected chi connectivity index (χ4v) is 2.22. The van der Waals surface area contributed by atoms with Gasteiger partial charge in [-0.15, -0.1) is 0 Å². The second kappa shape index (κ2) is 6.53. The monoisotopic (exact) mass is 257 g/mol. The van der Waals surface area contributed by atoms with Gasteiger partial charge in [0, 0.05) is 24.8 Å². The molecule has 1 unspecified atom stereocenters. The van der Waals surface area contributed by atoms with E-state index in [2.05, 4.69) is 48.5 Å². The Labute approximate surface area is 115 Å². The fourth-order valence-electron chi connectivity index (χ4n) is 2.22. The Bertz CT molecular complexity index is 499. The summed E-state index contributed by atoms with van der Waals surface area (Å²) < 4.78 is 1.83. The average molecular weight is 257 g/mol. The van der Waals surface area contributed by atoms with Gasteiger partial charge in [-0.25, -0.2) is 0 Å². The zero-order valence-corrected chi connectivity index (χ0v) is 12.1. The second-order valence-corrected chi connectivity index (χ2v) is 5.16. The number of aromatic nitrogens is 2. The summed E-state index contributed by atoms with van der Waals surface area (Å²) in [6.07, 6.45) is 6.21. The minimum atomic E-state index is 0.532. The topological polar surface area (TPSA) is 29.9 Å². The van der Waals surface area contributed by atoms with Crippen molar-refractivity contribution in [3.8, 4) is 11.1 Å². The molecule has 3 heteroatoms. The van der Waals surface area contributed by atoms with E-state index in [1.807, 2.05) is 24.1 Å². The maximum atomic E-state index is 4.20. The first-order valence-corrected chi connectivity index (χ1v) is 7.00. The molecule has 0 aliphatic carbocycles. The minimum absolute atomic E-state index is 0.532. The number of benzene rings is 1. The molecule has 0 aliphatic heterocycles. The first-order valence-electron chi connectivity index (χ1n) is 7.00. The Morgan fingerprint density at radius 2 is 1.95 bits per heavy atom. The molecular formula is C16H23N3. The van der Waals surface area contributed by atoms with E-state index < -0.39 is 0 Å². The summed E-state index contributed by atoms with van der Waals surface area (Å²) in [4.78, 5) is 0. The van der Waals surface area contributed by atoms with E-state index in [0.717, 1.165) is 13.0 Å². The number of hydrogen-bond donors (Lipinski definition) is 1. The molecular weight excluding hydrogens is 234 g/mol. The predicted octanol–water partition coefficient (Wildman–Crippen LogP) is 3.02. The van der Waals surface area contributed by atoms with Gasteiger partial charge in [-0.2, -0.15) is 5.10 Å². The van der Waals surface area contributed by atoms with Crippen LogP contribution in [0, 0.1) is 0 Å². The molecule has 0 aliphatic rings. The Balaban J connectivity index is 1.98. The maximum Gasteiger partial charge on any atom is 0.0568 e. The lowest BCUT2D eigenvalue weighted by molar-refractivity contribution is 0.543. The second-order valence-electron chi connectivity index (χ2n) is 5.16. The molecule has 0 saturated carbocycles. The van der Waals surface area contributed by atoms with E-state index in [9.17, 15) is 0 Å². The van der Waals surface area contributed by atoms with Crippen molar-refractivity contribution in [1.29, 1.82) is 0 Å². The number of hydrogen-bond acceptors (Lipinski definition) is 2. The molecule has 0 fully saturated rings. The summed E-state index contributed by atoms with van der Waals surface area (Å²) in [6.45, 7) is 5.53. The van der Waals surface area contributed by atoms with Gasteiger partial charge >= 0.3 is 0 Å². The van der Waals surface area contributed by atoms with E-state index in [1.54, 1.807) is 0 Å². The van der Waals surface area contributed by atoms with Crippen LogP contribution in [0.15, 0.2) is 36.7 Å². The van der Waals surface area contributed by atoms with Crippen molar-refractivity contribution in [3.63, 3.8) is 0 Å². The van der Waals surface area contributed by atoms with Gasteiger partial charge in [-0.3, -0.25) is 4.68 Å². The van der Waals surface area contributed by atoms with Gasteiger partial charge in [0.25, 0.3) is 0 Å². The highest BCUT2D eigenvalue weighted by Crippen LogP contribution is 2.19. The average Bonchev–Trinajstić information content (AvgIpc) is 2.84. The Morgan fingerprint density at radius 3 is 2.53 bits per heavy atom. The molecule has 2 aromatic rings. The van der Waals surface area contributed by atoms with Gasteiger partial charge in [0.05, 0.1) is 6.20 Å². The summed E-state index contributed by atoms with van der Waals surface area (Å²) in [5, 5.41) is 7.72. The van der Waals surface area contributed by atoms with Gasteiger partial charge in [0.15, 0.2) is 0 Å². The first kappa shape index (κ1) is 13.8. The molecule has 0 radical (unpaired) electrons. The van der Waals surface area contributed by atoms with Gasteiger partial charge in [0.1, 0.15) is 0 Å². The maximum absolute atomic E-state index is 4.20. The lowest BCUT2D eigenvalue weighted by Gasteiger charge is -2.13. The van der Waals surface area contributed by atoms with Crippen molar-refractivity contribution in [3.05, 3.63) is 42.2 Å². The normalized spacial score (nSPS) is 12.6. The summed E-state index contributed by atoms with van der Waals surface area (Å²) in [5.41, 5.74) is 3.78. The third kappa shape index (κ3) is 3.93. The van der Waals surface area contributed by atoms with E-state index in [1.165, 1.54) is 23.1 Å². The largest absolute Gasteiger partial charge is 0.314 e. The number of nitrogens with zero attached hydrogens (tertiary/aromatic N) is 2. The molecule has 1 aromatic carbocycles. The van der Waals surface area contributed by atoms with Crippen LogP contribution >= 0.6 is 0 Å². The van der Waals surface area contributed by atoms with Gasteiger partial charge in [-0.1, -0.05) is 31.2 Å². The van der Waals surface area contributed by atoms with Crippen molar-refractivity contribution in [2.24, 2.45) is 7.05 Å². The molecule has 3 nitrogen and oxygen atoms in total. The fraction of sp³-hybridized carbons (Fsp3) is 0.438. The summed E-state index contributed by atoms with van der Waals surface area (Å²) in [7, 11) is 1.94. The lowest BCUT2D eigenvalue weighted by atomic mass is 10.0. The van der Waals surface area contributed by atoms with Crippen molar-refractivity contribution in [2.75, 3.05) is 6.54 Å².